The molecular weight excluding hydrogens is 282 g/mol. The van der Waals surface area contributed by atoms with Gasteiger partial charge in [0.15, 0.2) is 9.84 Å². The molecule has 2 aliphatic rings. The number of anilines is 1. The number of sulfone groups is 1. The van der Waals surface area contributed by atoms with Gasteiger partial charge < -0.3 is 9.84 Å². The molecule has 0 bridgehead atoms. The summed E-state index contributed by atoms with van der Waals surface area (Å²) in [7, 11) is -3.11. The first kappa shape index (κ1) is 13.2. The third-order valence-electron chi connectivity index (χ3n) is 3.84. The zero-order valence-corrected chi connectivity index (χ0v) is 11.6. The van der Waals surface area contributed by atoms with Crippen LogP contribution >= 0.6 is 0 Å². The molecule has 0 radical (unpaired) electrons. The molecule has 0 saturated carbocycles. The number of benzene rings is 1. The number of hydrogen-bond donors (Lipinski definition) is 1. The SMILES string of the molecule is O=C1OC2(CCN1c1ccccc1O)CCS(=O)(=O)C2. The van der Waals surface area contributed by atoms with E-state index in [1.165, 1.54) is 11.0 Å². The summed E-state index contributed by atoms with van der Waals surface area (Å²) in [6.45, 7) is 0.339. The van der Waals surface area contributed by atoms with E-state index in [9.17, 15) is 18.3 Å². The van der Waals surface area contributed by atoms with E-state index in [-0.39, 0.29) is 17.3 Å². The van der Waals surface area contributed by atoms with Gasteiger partial charge >= 0.3 is 6.09 Å². The van der Waals surface area contributed by atoms with Crippen LogP contribution in [0.5, 0.6) is 5.75 Å². The van der Waals surface area contributed by atoms with Gasteiger partial charge in [-0.25, -0.2) is 13.2 Å². The highest BCUT2D eigenvalue weighted by Crippen LogP contribution is 2.37. The number of ether oxygens (including phenoxy) is 1. The number of hydrogen-bond acceptors (Lipinski definition) is 5. The Balaban J connectivity index is 1.82. The topological polar surface area (TPSA) is 83.9 Å². The van der Waals surface area contributed by atoms with Crippen molar-refractivity contribution in [2.45, 2.75) is 18.4 Å². The zero-order valence-electron chi connectivity index (χ0n) is 10.8. The Kier molecular flexibility index (Phi) is 2.89. The molecule has 0 aromatic heterocycles. The van der Waals surface area contributed by atoms with Crippen molar-refractivity contribution in [3.63, 3.8) is 0 Å². The Morgan fingerprint density at radius 1 is 1.25 bits per heavy atom. The summed E-state index contributed by atoms with van der Waals surface area (Å²) in [5.74, 6) is -0.0311. The maximum atomic E-state index is 12.1. The summed E-state index contributed by atoms with van der Waals surface area (Å²) < 4.78 is 28.5. The molecule has 3 rings (SSSR count). The minimum atomic E-state index is -3.11. The van der Waals surface area contributed by atoms with Crippen molar-refractivity contribution in [3.8, 4) is 5.75 Å². The van der Waals surface area contributed by atoms with Crippen LogP contribution in [-0.4, -0.2) is 43.3 Å². The summed E-state index contributed by atoms with van der Waals surface area (Å²) in [4.78, 5) is 13.5. The summed E-state index contributed by atoms with van der Waals surface area (Å²) in [5, 5.41) is 9.78. The van der Waals surface area contributed by atoms with E-state index in [1.54, 1.807) is 18.2 Å². The minimum absolute atomic E-state index is 0.000515. The molecule has 1 aromatic rings. The Morgan fingerprint density at radius 3 is 2.60 bits per heavy atom. The average molecular weight is 297 g/mol. The molecule has 2 aliphatic heterocycles. The fourth-order valence-electron chi connectivity index (χ4n) is 2.77. The molecular formula is C13H15NO5S. The first-order valence-electron chi connectivity index (χ1n) is 6.40. The number of carbonyl (C=O) groups excluding carboxylic acids is 1. The van der Waals surface area contributed by atoms with Crippen molar-refractivity contribution < 1.29 is 23.1 Å². The van der Waals surface area contributed by atoms with Gasteiger partial charge in [0.25, 0.3) is 0 Å². The number of rotatable bonds is 1. The first-order chi connectivity index (χ1) is 9.41. The highest BCUT2D eigenvalue weighted by molar-refractivity contribution is 7.91. The van der Waals surface area contributed by atoms with E-state index in [4.69, 9.17) is 4.74 Å². The van der Waals surface area contributed by atoms with Crippen LogP contribution < -0.4 is 4.90 Å². The molecule has 20 heavy (non-hydrogen) atoms. The van der Waals surface area contributed by atoms with Crippen LogP contribution in [0.15, 0.2) is 24.3 Å². The van der Waals surface area contributed by atoms with E-state index in [0.717, 1.165) is 0 Å². The third kappa shape index (κ3) is 2.22. The summed E-state index contributed by atoms with van der Waals surface area (Å²) in [5.41, 5.74) is -0.496. The number of aromatic hydroxyl groups is 1. The molecule has 2 heterocycles. The molecule has 6 nitrogen and oxygen atoms in total. The van der Waals surface area contributed by atoms with Crippen LogP contribution in [0.25, 0.3) is 0 Å². The third-order valence-corrected chi connectivity index (χ3v) is 5.63. The monoisotopic (exact) mass is 297 g/mol. The number of amides is 1. The van der Waals surface area contributed by atoms with Gasteiger partial charge in [-0.15, -0.1) is 0 Å². The second-order valence-corrected chi connectivity index (χ2v) is 7.47. The molecule has 1 atom stereocenters. The van der Waals surface area contributed by atoms with Gasteiger partial charge in [0.2, 0.25) is 0 Å². The van der Waals surface area contributed by atoms with E-state index < -0.39 is 21.5 Å². The van der Waals surface area contributed by atoms with Crippen molar-refractivity contribution in [2.75, 3.05) is 23.0 Å². The lowest BCUT2D eigenvalue weighted by Gasteiger charge is -2.38. The zero-order chi connectivity index (χ0) is 14.4. The van der Waals surface area contributed by atoms with E-state index in [2.05, 4.69) is 0 Å². The highest BCUT2D eigenvalue weighted by atomic mass is 32.2. The second kappa shape index (κ2) is 4.37. The number of phenolic OH excluding ortho intramolecular Hbond substituents is 1. The molecule has 2 fully saturated rings. The maximum absolute atomic E-state index is 12.1. The molecule has 1 N–H and O–H groups in total. The van der Waals surface area contributed by atoms with Crippen molar-refractivity contribution in [1.29, 1.82) is 0 Å². The fourth-order valence-corrected chi connectivity index (χ4v) is 4.75. The largest absolute Gasteiger partial charge is 0.506 e. The van der Waals surface area contributed by atoms with E-state index in [1.807, 2.05) is 0 Å². The Labute approximate surface area is 116 Å². The van der Waals surface area contributed by atoms with Gasteiger partial charge in [0, 0.05) is 19.4 Å². The normalized spacial score (nSPS) is 28.6. The quantitative estimate of drug-likeness (QED) is 0.844. The lowest BCUT2D eigenvalue weighted by Crippen LogP contribution is -2.50. The van der Waals surface area contributed by atoms with Gasteiger partial charge in [-0.1, -0.05) is 12.1 Å². The lowest BCUT2D eigenvalue weighted by atomic mass is 9.97. The van der Waals surface area contributed by atoms with Crippen LogP contribution in [0.3, 0.4) is 0 Å². The molecule has 1 unspecified atom stereocenters. The van der Waals surface area contributed by atoms with Gasteiger partial charge in [-0.3, -0.25) is 4.90 Å². The van der Waals surface area contributed by atoms with Crippen LogP contribution in [0, 0.1) is 0 Å². The molecule has 1 spiro atoms. The van der Waals surface area contributed by atoms with Crippen molar-refractivity contribution in [2.24, 2.45) is 0 Å². The number of carbonyl (C=O) groups is 1. The van der Waals surface area contributed by atoms with Gasteiger partial charge in [-0.2, -0.15) is 0 Å². The van der Waals surface area contributed by atoms with Gasteiger partial charge in [0.05, 0.1) is 17.2 Å². The minimum Gasteiger partial charge on any atom is -0.506 e. The fraction of sp³-hybridized carbons (Fsp3) is 0.462. The predicted molar refractivity (Wildman–Crippen MR) is 72.6 cm³/mol. The first-order valence-corrected chi connectivity index (χ1v) is 8.22. The van der Waals surface area contributed by atoms with Crippen LogP contribution in [-0.2, 0) is 14.6 Å². The highest BCUT2D eigenvalue weighted by Gasteiger charge is 2.49. The van der Waals surface area contributed by atoms with Crippen molar-refractivity contribution in [1.82, 2.24) is 0 Å². The summed E-state index contributed by atoms with van der Waals surface area (Å²) >= 11 is 0. The number of phenols is 1. The van der Waals surface area contributed by atoms with Gasteiger partial charge in [0.1, 0.15) is 11.4 Å². The second-order valence-electron chi connectivity index (χ2n) is 5.28. The van der Waals surface area contributed by atoms with Crippen LogP contribution in [0.1, 0.15) is 12.8 Å². The molecule has 2 saturated heterocycles. The summed E-state index contributed by atoms with van der Waals surface area (Å²) in [6, 6.07) is 6.50. The predicted octanol–water partition coefficient (Wildman–Crippen LogP) is 1.30. The average Bonchev–Trinajstić information content (AvgIpc) is 2.66. The Hall–Kier alpha value is -1.76. The van der Waals surface area contributed by atoms with Crippen LogP contribution in [0.4, 0.5) is 10.5 Å². The van der Waals surface area contributed by atoms with Crippen LogP contribution in [0.2, 0.25) is 0 Å². The smallest absolute Gasteiger partial charge is 0.414 e. The summed E-state index contributed by atoms with van der Waals surface area (Å²) in [6.07, 6.45) is 0.206. The molecule has 1 aromatic carbocycles. The molecule has 7 heteroatoms. The molecule has 108 valence electrons. The number of nitrogens with zero attached hydrogens (tertiary/aromatic N) is 1. The number of para-hydroxylation sites is 2. The molecule has 1 amide bonds. The van der Waals surface area contributed by atoms with Gasteiger partial charge in [-0.05, 0) is 12.1 Å². The van der Waals surface area contributed by atoms with E-state index in [0.29, 0.717) is 25.1 Å². The standard InChI is InChI=1S/C13H15NO5S/c15-11-4-2-1-3-10(11)14-7-5-13(19-12(14)16)6-8-20(17,18)9-13/h1-4,15H,5-9H2. The Morgan fingerprint density at radius 2 is 2.00 bits per heavy atom. The lowest BCUT2D eigenvalue weighted by molar-refractivity contribution is 0.0149. The van der Waals surface area contributed by atoms with Crippen molar-refractivity contribution >= 4 is 21.6 Å². The molecule has 0 aliphatic carbocycles. The van der Waals surface area contributed by atoms with Crippen molar-refractivity contribution in [3.05, 3.63) is 24.3 Å². The van der Waals surface area contributed by atoms with E-state index >= 15 is 0 Å². The maximum Gasteiger partial charge on any atom is 0.414 e. The Bertz CT molecular complexity index is 656.